The van der Waals surface area contributed by atoms with Gasteiger partial charge in [-0.05, 0) is 30.4 Å². The van der Waals surface area contributed by atoms with Crippen molar-refractivity contribution >= 4 is 17.6 Å². The van der Waals surface area contributed by atoms with E-state index in [2.05, 4.69) is 30.3 Å². The number of carbonyl (C=O) groups excluding carboxylic acids is 1. The Labute approximate surface area is 193 Å². The first-order valence-corrected chi connectivity index (χ1v) is 11.5. The average Bonchev–Trinajstić information content (AvgIpc) is 3.43. The Morgan fingerprint density at radius 2 is 1.66 bits per heavy atom. The first-order valence-electron chi connectivity index (χ1n) is 11.2. The van der Waals surface area contributed by atoms with Gasteiger partial charge in [0.1, 0.15) is 0 Å². The first kappa shape index (κ1) is 21.0. The van der Waals surface area contributed by atoms with Crippen molar-refractivity contribution in [3.8, 4) is 0 Å². The second-order valence-electron chi connectivity index (χ2n) is 8.65. The van der Waals surface area contributed by atoms with E-state index in [9.17, 15) is 4.79 Å². The fraction of sp³-hybridized carbons (Fsp3) is 0.250. The van der Waals surface area contributed by atoms with Crippen molar-refractivity contribution in [3.63, 3.8) is 0 Å². The molecule has 2 aliphatic carbocycles. The molecule has 0 amide bonds. The standard InChI is InChI=1S/C28H26ClNO2/c29-26-9-5-4-8-25(26)28(32-27(31)14-15-30,23-6-2-1-3-7-23)24-12-10-19(11-13-24)20-16-21-18-22(21)17-20/h1-13,16,20,22H,14-15,17-18,30H2/t20-,22?,28?/m1/s1. The third-order valence-corrected chi connectivity index (χ3v) is 6.92. The van der Waals surface area contributed by atoms with Gasteiger partial charge in [0.05, 0.1) is 6.42 Å². The number of hydrogen-bond acceptors (Lipinski definition) is 3. The lowest BCUT2D eigenvalue weighted by Gasteiger charge is -2.36. The normalized spacial score (nSPS) is 20.8. The molecule has 32 heavy (non-hydrogen) atoms. The Morgan fingerprint density at radius 1 is 0.969 bits per heavy atom. The number of ether oxygens (including phenoxy) is 1. The molecule has 0 radical (unpaired) electrons. The van der Waals surface area contributed by atoms with Gasteiger partial charge in [0, 0.05) is 34.2 Å². The summed E-state index contributed by atoms with van der Waals surface area (Å²) in [7, 11) is 0. The van der Waals surface area contributed by atoms with Crippen molar-refractivity contribution in [2.75, 3.05) is 6.54 Å². The maximum absolute atomic E-state index is 12.9. The zero-order valence-corrected chi connectivity index (χ0v) is 18.6. The lowest BCUT2D eigenvalue weighted by Crippen LogP contribution is -2.36. The van der Waals surface area contributed by atoms with E-state index in [1.165, 1.54) is 18.4 Å². The Bertz CT molecular complexity index is 1160. The molecule has 4 heteroatoms. The molecule has 1 saturated carbocycles. The van der Waals surface area contributed by atoms with E-state index in [4.69, 9.17) is 22.1 Å². The molecule has 3 aromatic rings. The van der Waals surface area contributed by atoms with Crippen LogP contribution in [-0.4, -0.2) is 12.5 Å². The van der Waals surface area contributed by atoms with Gasteiger partial charge in [-0.15, -0.1) is 0 Å². The van der Waals surface area contributed by atoms with Crippen LogP contribution in [0.15, 0.2) is 90.5 Å². The molecule has 162 valence electrons. The van der Waals surface area contributed by atoms with Gasteiger partial charge >= 0.3 is 5.97 Å². The van der Waals surface area contributed by atoms with Gasteiger partial charge in [-0.1, -0.05) is 96.0 Å². The largest absolute Gasteiger partial charge is 0.444 e. The first-order chi connectivity index (χ1) is 15.6. The van der Waals surface area contributed by atoms with Gasteiger partial charge in [0.2, 0.25) is 0 Å². The van der Waals surface area contributed by atoms with Crippen molar-refractivity contribution in [2.24, 2.45) is 11.7 Å². The van der Waals surface area contributed by atoms with Crippen molar-refractivity contribution in [1.82, 2.24) is 0 Å². The Hall–Kier alpha value is -2.88. The van der Waals surface area contributed by atoms with Crippen LogP contribution in [0.1, 0.15) is 47.4 Å². The Balaban J connectivity index is 1.66. The molecule has 0 bridgehead atoms. The number of rotatable bonds is 7. The zero-order chi connectivity index (χ0) is 22.1. The molecule has 2 aliphatic rings. The molecule has 2 N–H and O–H groups in total. The summed E-state index contributed by atoms with van der Waals surface area (Å²) in [6.07, 6.45) is 5.03. The fourth-order valence-electron chi connectivity index (χ4n) is 4.90. The van der Waals surface area contributed by atoms with E-state index < -0.39 is 5.60 Å². The molecule has 1 fully saturated rings. The molecule has 2 unspecified atom stereocenters. The minimum Gasteiger partial charge on any atom is -0.444 e. The van der Waals surface area contributed by atoms with E-state index in [1.54, 1.807) is 5.57 Å². The van der Waals surface area contributed by atoms with Crippen LogP contribution in [0, 0.1) is 5.92 Å². The number of carbonyl (C=O) groups is 1. The number of benzene rings is 3. The Morgan fingerprint density at radius 3 is 2.31 bits per heavy atom. The molecule has 3 atom stereocenters. The highest BCUT2D eigenvalue weighted by Crippen LogP contribution is 2.52. The van der Waals surface area contributed by atoms with Crippen molar-refractivity contribution in [3.05, 3.63) is 118 Å². The summed E-state index contributed by atoms with van der Waals surface area (Å²) in [5, 5.41) is 0.543. The van der Waals surface area contributed by atoms with Crippen LogP contribution in [0.3, 0.4) is 0 Å². The molecule has 0 spiro atoms. The summed E-state index contributed by atoms with van der Waals surface area (Å²) < 4.78 is 6.29. The smallest absolute Gasteiger partial charge is 0.308 e. The summed E-state index contributed by atoms with van der Waals surface area (Å²) in [5.41, 5.74) is 9.83. The highest BCUT2D eigenvalue weighted by molar-refractivity contribution is 6.31. The zero-order valence-electron chi connectivity index (χ0n) is 17.8. The number of allylic oxidation sites excluding steroid dienone is 2. The second kappa shape index (κ2) is 8.57. The van der Waals surface area contributed by atoms with Gasteiger partial charge in [0.15, 0.2) is 5.60 Å². The summed E-state index contributed by atoms with van der Waals surface area (Å²) in [6.45, 7) is 0.225. The van der Waals surface area contributed by atoms with Crippen LogP contribution >= 0.6 is 11.6 Å². The molecule has 3 nitrogen and oxygen atoms in total. The maximum atomic E-state index is 12.9. The monoisotopic (exact) mass is 443 g/mol. The van der Waals surface area contributed by atoms with E-state index in [-0.39, 0.29) is 18.9 Å². The topological polar surface area (TPSA) is 52.3 Å². The number of esters is 1. The summed E-state index contributed by atoms with van der Waals surface area (Å²) in [5.74, 6) is 0.911. The number of fused-ring (bicyclic) bond motifs is 1. The highest BCUT2D eigenvalue weighted by atomic mass is 35.5. The van der Waals surface area contributed by atoms with Crippen LogP contribution in [0.5, 0.6) is 0 Å². The van der Waals surface area contributed by atoms with Gasteiger partial charge in [-0.25, -0.2) is 0 Å². The fourth-order valence-corrected chi connectivity index (χ4v) is 5.17. The van der Waals surface area contributed by atoms with E-state index in [1.807, 2.05) is 54.6 Å². The van der Waals surface area contributed by atoms with Crippen LogP contribution < -0.4 is 5.73 Å². The SMILES string of the molecule is NCCC(=O)OC(c1ccccc1)(c1ccc([C@@H]2C=C3CC3C2)cc1)c1ccccc1Cl. The highest BCUT2D eigenvalue weighted by Gasteiger charge is 2.42. The van der Waals surface area contributed by atoms with Crippen LogP contribution in [0.4, 0.5) is 0 Å². The third kappa shape index (κ3) is 3.76. The van der Waals surface area contributed by atoms with Gasteiger partial charge in [0.25, 0.3) is 0 Å². The summed E-state index contributed by atoms with van der Waals surface area (Å²) in [4.78, 5) is 12.9. The van der Waals surface area contributed by atoms with Gasteiger partial charge in [-0.2, -0.15) is 0 Å². The molecule has 3 aromatic carbocycles. The summed E-state index contributed by atoms with van der Waals surface area (Å²) in [6, 6.07) is 25.8. The van der Waals surface area contributed by atoms with Gasteiger partial charge in [-0.3, -0.25) is 4.79 Å². The number of hydrogen-bond donors (Lipinski definition) is 1. The minimum atomic E-state index is -1.17. The lowest BCUT2D eigenvalue weighted by molar-refractivity contribution is -0.153. The van der Waals surface area contributed by atoms with E-state index >= 15 is 0 Å². The van der Waals surface area contributed by atoms with E-state index in [0.717, 1.165) is 22.6 Å². The van der Waals surface area contributed by atoms with Crippen molar-refractivity contribution in [2.45, 2.75) is 30.8 Å². The van der Waals surface area contributed by atoms with Crippen LogP contribution in [-0.2, 0) is 15.1 Å². The molecule has 0 aromatic heterocycles. The van der Waals surface area contributed by atoms with Crippen LogP contribution in [0.2, 0.25) is 5.02 Å². The Kier molecular flexibility index (Phi) is 5.62. The molecule has 0 aliphatic heterocycles. The van der Waals surface area contributed by atoms with E-state index in [0.29, 0.717) is 10.9 Å². The lowest BCUT2D eigenvalue weighted by atomic mass is 9.79. The second-order valence-corrected chi connectivity index (χ2v) is 9.05. The van der Waals surface area contributed by atoms with Gasteiger partial charge < -0.3 is 10.5 Å². The maximum Gasteiger partial charge on any atom is 0.308 e. The van der Waals surface area contributed by atoms with Crippen LogP contribution in [0.25, 0.3) is 0 Å². The predicted octanol–water partition coefficient (Wildman–Crippen LogP) is 5.96. The quantitative estimate of drug-likeness (QED) is 0.278. The number of nitrogens with two attached hydrogens (primary N) is 1. The predicted molar refractivity (Wildman–Crippen MR) is 128 cm³/mol. The third-order valence-electron chi connectivity index (χ3n) is 6.59. The molecule has 0 heterocycles. The molecule has 0 saturated heterocycles. The number of halogens is 1. The molecule has 5 rings (SSSR count). The average molecular weight is 444 g/mol. The van der Waals surface area contributed by atoms with Crippen molar-refractivity contribution < 1.29 is 9.53 Å². The minimum absolute atomic E-state index is 0.133. The molecular formula is C28H26ClNO2. The molecular weight excluding hydrogens is 418 g/mol. The van der Waals surface area contributed by atoms with Crippen molar-refractivity contribution in [1.29, 1.82) is 0 Å². The summed E-state index contributed by atoms with van der Waals surface area (Å²) >= 11 is 6.70.